The van der Waals surface area contributed by atoms with Crippen LogP contribution in [0.1, 0.15) is 50.2 Å². The molecule has 2 N–H and O–H groups in total. The van der Waals surface area contributed by atoms with Gasteiger partial charge in [0.1, 0.15) is 6.04 Å². The summed E-state index contributed by atoms with van der Waals surface area (Å²) < 4.78 is 82.5. The number of ether oxygens (including phenoxy) is 1. The molecule has 3 fully saturated rings. The van der Waals surface area contributed by atoms with Crippen LogP contribution >= 0.6 is 0 Å². The third-order valence-electron chi connectivity index (χ3n) is 8.03. The van der Waals surface area contributed by atoms with Gasteiger partial charge in [0.05, 0.1) is 24.3 Å². The number of alkyl halides is 6. The molecule has 10 nitrogen and oxygen atoms in total. The number of anilines is 1. The number of benzene rings is 1. The second kappa shape index (κ2) is 13.4. The highest BCUT2D eigenvalue weighted by atomic mass is 19.4. The van der Waals surface area contributed by atoms with Crippen molar-refractivity contribution in [3.63, 3.8) is 0 Å². The van der Waals surface area contributed by atoms with Crippen molar-refractivity contribution in [3.8, 4) is 0 Å². The molecule has 2 unspecified atom stereocenters. The van der Waals surface area contributed by atoms with Gasteiger partial charge in [-0.2, -0.15) is 26.3 Å². The molecule has 240 valence electrons. The Bertz CT molecular complexity index is 1190. The van der Waals surface area contributed by atoms with E-state index in [2.05, 4.69) is 10.1 Å². The summed E-state index contributed by atoms with van der Waals surface area (Å²) in [5, 5.41) is 12.4. The molecular formula is C27H34F6N4O6. The smallest absolute Gasteiger partial charge is 0.417 e. The van der Waals surface area contributed by atoms with E-state index in [1.54, 1.807) is 4.90 Å². The highest BCUT2D eigenvalue weighted by molar-refractivity contribution is 5.94. The minimum Gasteiger partial charge on any atom is -0.471 e. The molecule has 43 heavy (non-hydrogen) atoms. The van der Waals surface area contributed by atoms with Gasteiger partial charge in [-0.15, -0.1) is 0 Å². The van der Waals surface area contributed by atoms with Gasteiger partial charge in [0.2, 0.25) is 11.8 Å². The van der Waals surface area contributed by atoms with E-state index in [1.807, 2.05) is 0 Å². The van der Waals surface area contributed by atoms with Crippen LogP contribution in [-0.4, -0.2) is 96.1 Å². The predicted octanol–water partition coefficient (Wildman–Crippen LogP) is 3.73. The molecule has 0 radical (unpaired) electrons. The zero-order valence-corrected chi connectivity index (χ0v) is 23.6. The van der Waals surface area contributed by atoms with Gasteiger partial charge >= 0.3 is 18.4 Å². The van der Waals surface area contributed by atoms with E-state index < -0.39 is 53.3 Å². The number of carbonyl (C=O) groups is 4. The number of piperazine rings is 1. The van der Waals surface area contributed by atoms with Crippen LogP contribution in [0.2, 0.25) is 0 Å². The maximum atomic E-state index is 13.2. The minimum absolute atomic E-state index is 0.0154. The van der Waals surface area contributed by atoms with Crippen molar-refractivity contribution >= 4 is 30.0 Å². The lowest BCUT2D eigenvalue weighted by Crippen LogP contribution is -2.58. The second-order valence-corrected chi connectivity index (χ2v) is 10.8. The number of aliphatic hydroxyl groups is 1. The quantitative estimate of drug-likeness (QED) is 0.368. The van der Waals surface area contributed by atoms with E-state index >= 15 is 0 Å². The SMILES string of the molecule is CC1C(=O)N(CCCC(=O)N2CCC3(CC3)C(O)C2)CCN1C(=O)Nc1ccc(C(F)(F)F)c(C(F)(F)F)c1.COC=O. The molecule has 0 aromatic heterocycles. The molecule has 2 atom stereocenters. The first-order valence-electron chi connectivity index (χ1n) is 13.6. The van der Waals surface area contributed by atoms with Crippen molar-refractivity contribution in [1.82, 2.24) is 14.7 Å². The van der Waals surface area contributed by atoms with Gasteiger partial charge in [0.15, 0.2) is 0 Å². The normalized spacial score (nSPS) is 21.6. The number of amides is 4. The summed E-state index contributed by atoms with van der Waals surface area (Å²) >= 11 is 0. The summed E-state index contributed by atoms with van der Waals surface area (Å²) in [7, 11) is 1.31. The first-order chi connectivity index (χ1) is 20.0. The lowest BCUT2D eigenvalue weighted by Gasteiger charge is -2.39. The van der Waals surface area contributed by atoms with Crippen LogP contribution in [0.4, 0.5) is 36.8 Å². The van der Waals surface area contributed by atoms with Crippen LogP contribution in [0, 0.1) is 5.41 Å². The van der Waals surface area contributed by atoms with E-state index in [4.69, 9.17) is 4.79 Å². The number of nitrogens with one attached hydrogen (secondary N) is 1. The number of urea groups is 1. The Morgan fingerprint density at radius 3 is 2.23 bits per heavy atom. The van der Waals surface area contributed by atoms with E-state index in [0.717, 1.165) is 30.2 Å². The third-order valence-corrected chi connectivity index (χ3v) is 8.03. The van der Waals surface area contributed by atoms with E-state index in [9.17, 15) is 45.8 Å². The van der Waals surface area contributed by atoms with Crippen molar-refractivity contribution in [2.45, 2.75) is 63.5 Å². The number of methoxy groups -OCH3 is 1. The van der Waals surface area contributed by atoms with E-state index in [-0.39, 0.29) is 49.5 Å². The van der Waals surface area contributed by atoms with Crippen LogP contribution in [0.15, 0.2) is 18.2 Å². The lowest BCUT2D eigenvalue weighted by molar-refractivity contribution is -0.162. The molecule has 4 rings (SSSR count). The van der Waals surface area contributed by atoms with Gasteiger partial charge in [0.25, 0.3) is 6.47 Å². The summed E-state index contributed by atoms with van der Waals surface area (Å²) in [6.07, 6.45) is -7.72. The molecular weight excluding hydrogens is 590 g/mol. The van der Waals surface area contributed by atoms with Crippen molar-refractivity contribution < 1.29 is 55.4 Å². The second-order valence-electron chi connectivity index (χ2n) is 10.8. The first kappa shape index (κ1) is 33.9. The van der Waals surface area contributed by atoms with Gasteiger partial charge in [-0.25, -0.2) is 4.79 Å². The molecule has 1 spiro atoms. The van der Waals surface area contributed by atoms with Gasteiger partial charge in [0, 0.05) is 44.8 Å². The van der Waals surface area contributed by atoms with Gasteiger partial charge in [-0.1, -0.05) is 0 Å². The van der Waals surface area contributed by atoms with E-state index in [0.29, 0.717) is 26.0 Å². The predicted molar refractivity (Wildman–Crippen MR) is 139 cm³/mol. The number of aliphatic hydroxyl groups excluding tert-OH is 1. The number of hydrogen-bond acceptors (Lipinski definition) is 6. The number of rotatable bonds is 6. The minimum atomic E-state index is -5.30. The van der Waals surface area contributed by atoms with Crippen LogP contribution in [0.25, 0.3) is 0 Å². The topological polar surface area (TPSA) is 119 Å². The Labute approximate surface area is 243 Å². The number of likely N-dealkylation sites (tertiary alicyclic amines) is 1. The third kappa shape index (κ3) is 8.30. The fourth-order valence-electron chi connectivity index (χ4n) is 5.30. The van der Waals surface area contributed by atoms with Crippen LogP contribution in [-0.2, 0) is 31.5 Å². The molecule has 1 aromatic carbocycles. The standard InChI is InChI=1S/C25H30F6N4O4.C2H4O2/c1-15-21(38)33(9-2-3-20(37)34-10-8-23(6-7-23)19(36)14-34)11-12-35(15)22(39)32-16-4-5-17(24(26,27)28)18(13-16)25(29,30)31;1-4-2-3/h4-5,13,15,19,36H,2-3,6-12,14H2,1H3,(H,32,39);2H,1H3. The molecule has 0 bridgehead atoms. The molecule has 1 saturated carbocycles. The maximum Gasteiger partial charge on any atom is 0.417 e. The Kier molecular flexibility index (Phi) is 10.6. The molecule has 16 heteroatoms. The van der Waals surface area contributed by atoms with Gasteiger partial charge < -0.3 is 29.9 Å². The fraction of sp³-hybridized carbons (Fsp3) is 0.630. The molecule has 4 amide bonds. The molecule has 3 aliphatic rings. The average molecular weight is 625 g/mol. The average Bonchev–Trinajstić information content (AvgIpc) is 3.72. The Morgan fingerprint density at radius 1 is 1.07 bits per heavy atom. The van der Waals surface area contributed by atoms with Crippen molar-refractivity contribution in [1.29, 1.82) is 0 Å². The highest BCUT2D eigenvalue weighted by Crippen LogP contribution is 2.53. The summed E-state index contributed by atoms with van der Waals surface area (Å²) in [4.78, 5) is 51.3. The number of nitrogens with zero attached hydrogens (tertiary/aromatic N) is 3. The maximum absolute atomic E-state index is 13.2. The van der Waals surface area contributed by atoms with Crippen molar-refractivity contribution in [2.24, 2.45) is 5.41 Å². The zero-order chi connectivity index (χ0) is 32.2. The number of hydrogen-bond donors (Lipinski definition) is 2. The zero-order valence-electron chi connectivity index (χ0n) is 23.6. The van der Waals surface area contributed by atoms with Crippen molar-refractivity contribution in [3.05, 3.63) is 29.3 Å². The van der Waals surface area contributed by atoms with Crippen LogP contribution in [0.5, 0.6) is 0 Å². The molecule has 2 heterocycles. The van der Waals surface area contributed by atoms with Crippen LogP contribution < -0.4 is 5.32 Å². The van der Waals surface area contributed by atoms with E-state index in [1.165, 1.54) is 18.9 Å². The number of β-amino-alcohol motifs (C(OH)–C–C–N with tert-alkyl or cyclic N) is 1. The Morgan fingerprint density at radius 2 is 1.70 bits per heavy atom. The number of piperidine rings is 1. The summed E-state index contributed by atoms with van der Waals surface area (Å²) in [6.45, 7) is 3.15. The number of carbonyl (C=O) groups excluding carboxylic acids is 4. The summed E-state index contributed by atoms with van der Waals surface area (Å²) in [5.74, 6) is -0.519. The lowest BCUT2D eigenvalue weighted by atomic mass is 9.90. The monoisotopic (exact) mass is 624 g/mol. The van der Waals surface area contributed by atoms with Gasteiger partial charge in [-0.3, -0.25) is 14.4 Å². The first-order valence-corrected chi connectivity index (χ1v) is 13.6. The molecule has 1 aliphatic carbocycles. The van der Waals surface area contributed by atoms with Crippen LogP contribution in [0.3, 0.4) is 0 Å². The molecule has 2 aliphatic heterocycles. The largest absolute Gasteiger partial charge is 0.471 e. The Hall–Kier alpha value is -3.56. The highest BCUT2D eigenvalue weighted by Gasteiger charge is 2.51. The fourth-order valence-corrected chi connectivity index (χ4v) is 5.30. The Balaban J connectivity index is 0.00000119. The molecule has 2 saturated heterocycles. The van der Waals surface area contributed by atoms with Gasteiger partial charge in [-0.05, 0) is 56.2 Å². The number of halogens is 6. The van der Waals surface area contributed by atoms with Crippen molar-refractivity contribution in [2.75, 3.05) is 45.2 Å². The molecule has 1 aromatic rings. The summed E-state index contributed by atoms with van der Waals surface area (Å²) in [5.41, 5.74) is -4.30. The summed E-state index contributed by atoms with van der Waals surface area (Å²) in [6, 6.07) is -0.706.